The van der Waals surface area contributed by atoms with Gasteiger partial charge in [-0.1, -0.05) is 36.4 Å². The van der Waals surface area contributed by atoms with E-state index in [4.69, 9.17) is 36.9 Å². The second-order valence-electron chi connectivity index (χ2n) is 8.81. The zero-order chi connectivity index (χ0) is 24.0. The van der Waals surface area contributed by atoms with Crippen molar-refractivity contribution < 1.29 is 18.9 Å². The quantitative estimate of drug-likeness (QED) is 0.387. The largest absolute Gasteiger partial charge is 0.374 e. The summed E-state index contributed by atoms with van der Waals surface area (Å²) in [7, 11) is 0. The summed E-state index contributed by atoms with van der Waals surface area (Å²) in [6, 6.07) is 9.90. The van der Waals surface area contributed by atoms with Crippen molar-refractivity contribution in [1.29, 1.82) is 0 Å². The topological polar surface area (TPSA) is 119 Å². The fourth-order valence-electron chi connectivity index (χ4n) is 4.60. The molecule has 0 bridgehead atoms. The lowest BCUT2D eigenvalue weighted by atomic mass is 10.1. The molecule has 5 rings (SSSR count). The Kier molecular flexibility index (Phi) is 5.90. The predicted molar refractivity (Wildman–Crippen MR) is 128 cm³/mol. The van der Waals surface area contributed by atoms with Crippen molar-refractivity contribution in [3.05, 3.63) is 63.7 Å². The van der Waals surface area contributed by atoms with Gasteiger partial charge in [-0.25, -0.2) is 0 Å². The first-order valence-electron chi connectivity index (χ1n) is 11.0. The van der Waals surface area contributed by atoms with E-state index in [1.54, 1.807) is 15.2 Å². The third-order valence-electron chi connectivity index (χ3n) is 5.92. The SMILES string of the molecule is C=CCn1c(=S)n(C2OC(COCc3ccccc3)[C@H]3OC(C)(C)O[C@@H]23)c2nc(N)[nH]c(=O)c21. The van der Waals surface area contributed by atoms with Crippen LogP contribution in [-0.4, -0.2) is 49.8 Å². The number of aromatic amines is 1. The Labute approximate surface area is 200 Å². The van der Waals surface area contributed by atoms with E-state index in [0.29, 0.717) is 35.7 Å². The minimum atomic E-state index is -0.819. The summed E-state index contributed by atoms with van der Waals surface area (Å²) in [5, 5.41) is 0. The van der Waals surface area contributed by atoms with Crippen molar-refractivity contribution in [1.82, 2.24) is 19.1 Å². The number of H-pyrrole nitrogens is 1. The van der Waals surface area contributed by atoms with Gasteiger partial charge in [-0.15, -0.1) is 6.58 Å². The van der Waals surface area contributed by atoms with E-state index in [9.17, 15) is 4.79 Å². The van der Waals surface area contributed by atoms with Crippen LogP contribution in [-0.2, 0) is 32.1 Å². The van der Waals surface area contributed by atoms with Crippen LogP contribution >= 0.6 is 12.2 Å². The first-order chi connectivity index (χ1) is 16.3. The number of fused-ring (bicyclic) bond motifs is 2. The third-order valence-corrected chi connectivity index (χ3v) is 6.33. The Morgan fingerprint density at radius 1 is 1.29 bits per heavy atom. The molecule has 0 radical (unpaired) electrons. The lowest BCUT2D eigenvalue weighted by Gasteiger charge is -2.25. The minimum absolute atomic E-state index is 0.0155. The summed E-state index contributed by atoms with van der Waals surface area (Å²) >= 11 is 5.74. The van der Waals surface area contributed by atoms with Crippen molar-refractivity contribution in [2.24, 2.45) is 0 Å². The van der Waals surface area contributed by atoms with Gasteiger partial charge in [0.15, 0.2) is 27.9 Å². The van der Waals surface area contributed by atoms with E-state index < -0.39 is 35.9 Å². The molecule has 2 saturated heterocycles. The molecule has 0 aliphatic carbocycles. The van der Waals surface area contributed by atoms with Gasteiger partial charge in [0.25, 0.3) is 5.56 Å². The van der Waals surface area contributed by atoms with Crippen molar-refractivity contribution in [3.8, 4) is 0 Å². The summed E-state index contributed by atoms with van der Waals surface area (Å²) in [6.45, 7) is 8.54. The standard InChI is InChI=1S/C23H27N5O5S/c1-4-10-27-15-18(25-21(24)26-19(15)29)28(22(27)34)20-17-16(32-23(2,3)33-17)14(31-20)12-30-11-13-8-6-5-7-9-13/h4-9,14,16-17,20H,1,10-12H2,2-3H3,(H3,24,25,26,29)/t14?,16-,17-,20?/m1/s1. The molecule has 2 fully saturated rings. The summed E-state index contributed by atoms with van der Waals surface area (Å²) in [4.78, 5) is 19.7. The molecule has 4 heterocycles. The molecule has 2 unspecified atom stereocenters. The van der Waals surface area contributed by atoms with Gasteiger partial charge in [0.05, 0.1) is 13.2 Å². The first-order valence-corrected chi connectivity index (χ1v) is 11.4. The number of nitrogens with two attached hydrogens (primary N) is 1. The van der Waals surface area contributed by atoms with Gasteiger partial charge in [0.1, 0.15) is 18.3 Å². The van der Waals surface area contributed by atoms with Crippen LogP contribution in [0.15, 0.2) is 47.8 Å². The van der Waals surface area contributed by atoms with E-state index in [-0.39, 0.29) is 5.95 Å². The highest BCUT2D eigenvalue weighted by Crippen LogP contribution is 2.44. The molecular formula is C23H27N5O5S. The molecule has 2 aliphatic rings. The molecule has 11 heteroatoms. The predicted octanol–water partition coefficient (Wildman–Crippen LogP) is 2.66. The minimum Gasteiger partial charge on any atom is -0.374 e. The van der Waals surface area contributed by atoms with Gasteiger partial charge in [0.2, 0.25) is 5.95 Å². The number of allylic oxidation sites excluding steroid dienone is 1. The molecule has 2 aliphatic heterocycles. The smallest absolute Gasteiger partial charge is 0.278 e. The van der Waals surface area contributed by atoms with Crippen molar-refractivity contribution >= 4 is 29.3 Å². The molecule has 34 heavy (non-hydrogen) atoms. The van der Waals surface area contributed by atoms with Crippen LogP contribution in [0, 0.1) is 4.77 Å². The van der Waals surface area contributed by atoms with Gasteiger partial charge in [-0.05, 0) is 31.6 Å². The van der Waals surface area contributed by atoms with Crippen LogP contribution in [0.2, 0.25) is 0 Å². The number of anilines is 1. The average molecular weight is 486 g/mol. The van der Waals surface area contributed by atoms with Gasteiger partial charge in [-0.3, -0.25) is 14.3 Å². The molecule has 2 aromatic heterocycles. The maximum absolute atomic E-state index is 12.7. The average Bonchev–Trinajstić information content (AvgIpc) is 3.36. The highest BCUT2D eigenvalue weighted by Gasteiger charge is 2.56. The van der Waals surface area contributed by atoms with E-state index >= 15 is 0 Å². The van der Waals surface area contributed by atoms with Gasteiger partial charge in [-0.2, -0.15) is 4.98 Å². The summed E-state index contributed by atoms with van der Waals surface area (Å²) < 4.78 is 28.4. The number of nitrogens with one attached hydrogen (secondary N) is 1. The van der Waals surface area contributed by atoms with Gasteiger partial charge in [0, 0.05) is 6.54 Å². The molecule has 3 aromatic rings. The van der Waals surface area contributed by atoms with Crippen LogP contribution in [0.4, 0.5) is 5.95 Å². The number of aromatic nitrogens is 4. The molecule has 10 nitrogen and oxygen atoms in total. The number of benzene rings is 1. The molecular weight excluding hydrogens is 458 g/mol. The first kappa shape index (κ1) is 22.9. The Balaban J connectivity index is 1.51. The lowest BCUT2D eigenvalue weighted by Crippen LogP contribution is -2.32. The zero-order valence-electron chi connectivity index (χ0n) is 19.0. The molecule has 4 atom stereocenters. The Bertz CT molecular complexity index is 1330. The highest BCUT2D eigenvalue weighted by molar-refractivity contribution is 7.71. The number of nitrogens with zero attached hydrogens (tertiary/aromatic N) is 3. The fourth-order valence-corrected chi connectivity index (χ4v) is 4.95. The highest BCUT2D eigenvalue weighted by atomic mass is 32.1. The van der Waals surface area contributed by atoms with Crippen LogP contribution in [0.1, 0.15) is 25.6 Å². The molecule has 1 aromatic carbocycles. The number of hydrogen-bond acceptors (Lipinski definition) is 8. The second-order valence-corrected chi connectivity index (χ2v) is 9.17. The normalized spacial score (nSPS) is 25.6. The van der Waals surface area contributed by atoms with Crippen LogP contribution < -0.4 is 11.3 Å². The number of hydrogen-bond donors (Lipinski definition) is 2. The maximum atomic E-state index is 12.7. The van der Waals surface area contributed by atoms with Crippen molar-refractivity contribution in [2.45, 2.75) is 57.3 Å². The third kappa shape index (κ3) is 3.99. The maximum Gasteiger partial charge on any atom is 0.278 e. The number of rotatable bonds is 7. The monoisotopic (exact) mass is 485 g/mol. The van der Waals surface area contributed by atoms with E-state index in [1.807, 2.05) is 44.2 Å². The van der Waals surface area contributed by atoms with E-state index in [2.05, 4.69) is 16.5 Å². The number of nitrogen functional groups attached to an aromatic ring is 1. The van der Waals surface area contributed by atoms with Crippen LogP contribution in [0.3, 0.4) is 0 Å². The second kappa shape index (κ2) is 8.75. The summed E-state index contributed by atoms with van der Waals surface area (Å²) in [5.41, 5.74) is 7.14. The molecule has 0 saturated carbocycles. The molecule has 0 amide bonds. The van der Waals surface area contributed by atoms with Crippen LogP contribution in [0.5, 0.6) is 0 Å². The summed E-state index contributed by atoms with van der Waals surface area (Å²) in [5.74, 6) is -0.834. The Morgan fingerprint density at radius 2 is 2.03 bits per heavy atom. The van der Waals surface area contributed by atoms with Crippen LogP contribution in [0.25, 0.3) is 11.2 Å². The number of imidazole rings is 1. The van der Waals surface area contributed by atoms with Gasteiger partial charge >= 0.3 is 0 Å². The van der Waals surface area contributed by atoms with Crippen molar-refractivity contribution in [3.63, 3.8) is 0 Å². The van der Waals surface area contributed by atoms with Gasteiger partial charge < -0.3 is 29.2 Å². The molecule has 0 spiro atoms. The number of ether oxygens (including phenoxy) is 4. The van der Waals surface area contributed by atoms with Crippen molar-refractivity contribution in [2.75, 3.05) is 12.3 Å². The van der Waals surface area contributed by atoms with E-state index in [1.165, 1.54) is 0 Å². The fraction of sp³-hybridized carbons (Fsp3) is 0.435. The molecule has 3 N–H and O–H groups in total. The lowest BCUT2D eigenvalue weighted by molar-refractivity contribution is -0.202. The van der Waals surface area contributed by atoms with E-state index in [0.717, 1.165) is 5.56 Å². The zero-order valence-corrected chi connectivity index (χ0v) is 19.8. The molecule has 180 valence electrons. The Hall–Kier alpha value is -2.83. The Morgan fingerprint density at radius 3 is 2.76 bits per heavy atom. The summed E-state index contributed by atoms with van der Waals surface area (Å²) in [6.07, 6.45) is -0.329.